The molecule has 2 aliphatic rings. The van der Waals surface area contributed by atoms with Crippen molar-refractivity contribution in [3.63, 3.8) is 0 Å². The summed E-state index contributed by atoms with van der Waals surface area (Å²) in [5.41, 5.74) is 5.53. The summed E-state index contributed by atoms with van der Waals surface area (Å²) in [5, 5.41) is 13.0. The van der Waals surface area contributed by atoms with Gasteiger partial charge >= 0.3 is 0 Å². The highest BCUT2D eigenvalue weighted by Gasteiger charge is 2.30. The lowest BCUT2D eigenvalue weighted by Crippen LogP contribution is -2.47. The highest BCUT2D eigenvalue weighted by Crippen LogP contribution is 2.47. The Labute approximate surface area is 218 Å². The summed E-state index contributed by atoms with van der Waals surface area (Å²) in [6, 6.07) is 21.0. The largest absolute Gasteiger partial charge is 0.508 e. The molecule has 5 rings (SSSR count). The smallest absolute Gasteiger partial charge is 0.221 e. The van der Waals surface area contributed by atoms with Gasteiger partial charge in [-0.15, -0.1) is 0 Å². The number of anilines is 1. The van der Waals surface area contributed by atoms with Crippen LogP contribution in [0.15, 0.2) is 66.7 Å². The van der Waals surface area contributed by atoms with E-state index in [9.17, 15) is 9.90 Å². The van der Waals surface area contributed by atoms with Gasteiger partial charge in [0.2, 0.25) is 5.91 Å². The predicted molar refractivity (Wildman–Crippen MR) is 147 cm³/mol. The standard InChI is InChI=1S/C31H34N2O4/c1-4-22-18-33(19-22)14-15-36-27-11-8-23(9-12-27)31-30(24-6-5-7-25(16-24)32-21(3)34)20(2)28-17-26(35)10-13-29(28)37-31/h5-13,16-17,22,31,35H,4,14-15,18-19H2,1-3H3,(H,32,34). The number of amides is 1. The fourth-order valence-corrected chi connectivity index (χ4v) is 5.16. The number of phenolic OH excluding ortho intramolecular Hbond substituents is 1. The van der Waals surface area contributed by atoms with Gasteiger partial charge in [0.1, 0.15) is 30.0 Å². The van der Waals surface area contributed by atoms with Crippen LogP contribution in [-0.4, -0.2) is 42.2 Å². The number of hydrogen-bond donors (Lipinski definition) is 2. The maximum Gasteiger partial charge on any atom is 0.221 e. The molecular formula is C31H34N2O4. The van der Waals surface area contributed by atoms with E-state index in [2.05, 4.69) is 17.1 Å². The fraction of sp³-hybridized carbons (Fsp3) is 0.323. The summed E-state index contributed by atoms with van der Waals surface area (Å²) in [4.78, 5) is 14.1. The van der Waals surface area contributed by atoms with Gasteiger partial charge < -0.3 is 19.9 Å². The van der Waals surface area contributed by atoms with Crippen LogP contribution in [0.4, 0.5) is 5.69 Å². The molecule has 6 heteroatoms. The number of rotatable bonds is 8. The molecule has 6 nitrogen and oxygen atoms in total. The molecule has 1 fully saturated rings. The van der Waals surface area contributed by atoms with Gasteiger partial charge in [0.15, 0.2) is 0 Å². The van der Waals surface area contributed by atoms with E-state index in [0.717, 1.165) is 57.5 Å². The van der Waals surface area contributed by atoms with Gasteiger partial charge in [-0.25, -0.2) is 0 Å². The van der Waals surface area contributed by atoms with Crippen molar-refractivity contribution < 1.29 is 19.4 Å². The van der Waals surface area contributed by atoms with Crippen molar-refractivity contribution in [1.82, 2.24) is 4.90 Å². The molecule has 3 aromatic carbocycles. The van der Waals surface area contributed by atoms with Gasteiger partial charge in [-0.2, -0.15) is 0 Å². The molecule has 0 radical (unpaired) electrons. The van der Waals surface area contributed by atoms with Crippen LogP contribution in [0.25, 0.3) is 11.1 Å². The van der Waals surface area contributed by atoms with Gasteiger partial charge in [-0.05, 0) is 72.0 Å². The first kappa shape index (κ1) is 24.9. The Morgan fingerprint density at radius 1 is 1.11 bits per heavy atom. The second kappa shape index (κ2) is 10.7. The van der Waals surface area contributed by atoms with E-state index in [0.29, 0.717) is 6.61 Å². The zero-order valence-electron chi connectivity index (χ0n) is 21.7. The minimum Gasteiger partial charge on any atom is -0.508 e. The SMILES string of the molecule is CCC1CN(CCOc2ccc(C3Oc4ccc(O)cc4C(C)=C3c3cccc(NC(C)=O)c3)cc2)C1. The zero-order chi connectivity index (χ0) is 25.9. The van der Waals surface area contributed by atoms with Crippen LogP contribution in [0.2, 0.25) is 0 Å². The van der Waals surface area contributed by atoms with Crippen LogP contribution in [0.3, 0.4) is 0 Å². The third-order valence-electron chi connectivity index (χ3n) is 7.24. The van der Waals surface area contributed by atoms with Crippen molar-refractivity contribution in [2.75, 3.05) is 31.6 Å². The molecule has 1 amide bonds. The van der Waals surface area contributed by atoms with Crippen molar-refractivity contribution in [2.24, 2.45) is 5.92 Å². The van der Waals surface area contributed by atoms with Crippen molar-refractivity contribution in [3.05, 3.63) is 83.4 Å². The van der Waals surface area contributed by atoms with Crippen LogP contribution in [0.5, 0.6) is 17.2 Å². The van der Waals surface area contributed by atoms with Crippen molar-refractivity contribution >= 4 is 22.7 Å². The van der Waals surface area contributed by atoms with Gasteiger partial charge in [0.05, 0.1) is 0 Å². The number of carbonyl (C=O) groups is 1. The molecular weight excluding hydrogens is 464 g/mol. The Kier molecular flexibility index (Phi) is 7.19. The third-order valence-corrected chi connectivity index (χ3v) is 7.24. The molecule has 2 heterocycles. The Balaban J connectivity index is 1.40. The Morgan fingerprint density at radius 3 is 2.62 bits per heavy atom. The van der Waals surface area contributed by atoms with E-state index in [1.807, 2.05) is 61.5 Å². The summed E-state index contributed by atoms with van der Waals surface area (Å²) in [6.45, 7) is 9.77. The number of allylic oxidation sites excluding steroid dienone is 1. The quantitative estimate of drug-likeness (QED) is 0.391. The average molecular weight is 499 g/mol. The van der Waals surface area contributed by atoms with Crippen molar-refractivity contribution in [3.8, 4) is 17.2 Å². The monoisotopic (exact) mass is 498 g/mol. The molecule has 1 unspecified atom stereocenters. The summed E-state index contributed by atoms with van der Waals surface area (Å²) >= 11 is 0. The summed E-state index contributed by atoms with van der Waals surface area (Å²) in [7, 11) is 0. The van der Waals surface area contributed by atoms with E-state index in [1.165, 1.54) is 26.4 Å². The number of likely N-dealkylation sites (tertiary alicyclic amines) is 1. The molecule has 0 aliphatic carbocycles. The van der Waals surface area contributed by atoms with E-state index >= 15 is 0 Å². The van der Waals surface area contributed by atoms with Gasteiger partial charge in [-0.3, -0.25) is 9.69 Å². The first-order valence-electron chi connectivity index (χ1n) is 12.9. The molecule has 2 aliphatic heterocycles. The lowest BCUT2D eigenvalue weighted by molar-refractivity contribution is -0.114. The summed E-state index contributed by atoms with van der Waals surface area (Å²) < 4.78 is 12.5. The predicted octanol–water partition coefficient (Wildman–Crippen LogP) is 6.14. The number of fused-ring (bicyclic) bond motifs is 1. The Hall–Kier alpha value is -3.77. The highest BCUT2D eigenvalue weighted by molar-refractivity contribution is 5.97. The van der Waals surface area contributed by atoms with Crippen LogP contribution >= 0.6 is 0 Å². The molecule has 0 bridgehead atoms. The topological polar surface area (TPSA) is 71.0 Å². The van der Waals surface area contributed by atoms with Crippen LogP contribution in [0, 0.1) is 5.92 Å². The molecule has 1 atom stereocenters. The second-order valence-corrected chi connectivity index (χ2v) is 9.93. The molecule has 1 saturated heterocycles. The molecule has 192 valence electrons. The van der Waals surface area contributed by atoms with Crippen LogP contribution < -0.4 is 14.8 Å². The number of aromatic hydroxyl groups is 1. The van der Waals surface area contributed by atoms with E-state index < -0.39 is 0 Å². The average Bonchev–Trinajstić information content (AvgIpc) is 2.86. The van der Waals surface area contributed by atoms with Gasteiger partial charge in [-0.1, -0.05) is 37.6 Å². The third kappa shape index (κ3) is 5.49. The number of ether oxygens (including phenoxy) is 2. The minimum atomic E-state index is -0.356. The molecule has 37 heavy (non-hydrogen) atoms. The summed E-state index contributed by atoms with van der Waals surface area (Å²) in [6.07, 6.45) is 0.895. The number of nitrogens with zero attached hydrogens (tertiary/aromatic N) is 1. The van der Waals surface area contributed by atoms with Crippen LogP contribution in [0.1, 0.15) is 50.0 Å². The maximum atomic E-state index is 11.7. The normalized spacial score (nSPS) is 17.5. The summed E-state index contributed by atoms with van der Waals surface area (Å²) in [5.74, 6) is 2.48. The molecule has 2 N–H and O–H groups in total. The highest BCUT2D eigenvalue weighted by atomic mass is 16.5. The van der Waals surface area contributed by atoms with Crippen molar-refractivity contribution in [1.29, 1.82) is 0 Å². The molecule has 3 aromatic rings. The number of hydrogen-bond acceptors (Lipinski definition) is 5. The number of carbonyl (C=O) groups excluding carboxylic acids is 1. The first-order valence-corrected chi connectivity index (χ1v) is 12.9. The lowest BCUT2D eigenvalue weighted by atomic mass is 9.86. The zero-order valence-corrected chi connectivity index (χ0v) is 21.7. The Bertz CT molecular complexity index is 1310. The van der Waals surface area contributed by atoms with E-state index in [-0.39, 0.29) is 17.8 Å². The second-order valence-electron chi connectivity index (χ2n) is 9.93. The maximum absolute atomic E-state index is 11.7. The van der Waals surface area contributed by atoms with E-state index in [4.69, 9.17) is 9.47 Å². The van der Waals surface area contributed by atoms with Gasteiger partial charge in [0, 0.05) is 43.4 Å². The number of benzene rings is 3. The van der Waals surface area contributed by atoms with E-state index in [1.54, 1.807) is 12.1 Å². The van der Waals surface area contributed by atoms with Gasteiger partial charge in [0.25, 0.3) is 0 Å². The van der Waals surface area contributed by atoms with Crippen LogP contribution in [-0.2, 0) is 4.79 Å². The molecule has 0 aromatic heterocycles. The lowest BCUT2D eigenvalue weighted by Gasteiger charge is -2.38. The Morgan fingerprint density at radius 2 is 1.89 bits per heavy atom. The minimum absolute atomic E-state index is 0.121. The van der Waals surface area contributed by atoms with Crippen molar-refractivity contribution in [2.45, 2.75) is 33.3 Å². The molecule has 0 spiro atoms. The number of nitrogens with one attached hydrogen (secondary N) is 1. The number of phenols is 1. The fourth-order valence-electron chi connectivity index (χ4n) is 5.16. The first-order chi connectivity index (χ1) is 17.9. The molecule has 0 saturated carbocycles.